The summed E-state index contributed by atoms with van der Waals surface area (Å²) in [6, 6.07) is 11.3. The van der Waals surface area contributed by atoms with Crippen LogP contribution in [0.15, 0.2) is 41.8 Å². The average molecular weight is 495 g/mol. The fraction of sp³-hybridized carbons (Fsp3) is 0.536. The van der Waals surface area contributed by atoms with E-state index in [9.17, 15) is 14.4 Å². The Morgan fingerprint density at radius 1 is 1.06 bits per heavy atom. The summed E-state index contributed by atoms with van der Waals surface area (Å²) in [6.07, 6.45) is 4.85. The van der Waals surface area contributed by atoms with E-state index in [0.29, 0.717) is 29.9 Å². The number of hydrogen-bond acceptors (Lipinski definition) is 5. The summed E-state index contributed by atoms with van der Waals surface area (Å²) in [6.45, 7) is 4.44. The lowest BCUT2D eigenvalue weighted by Crippen LogP contribution is -2.63. The molecule has 4 aliphatic rings. The van der Waals surface area contributed by atoms with Crippen LogP contribution in [-0.4, -0.2) is 30.9 Å². The molecule has 4 fully saturated rings. The second kappa shape index (κ2) is 9.08. The maximum absolute atomic E-state index is 13.5. The minimum atomic E-state index is -0.554. The Hall–Kier alpha value is -2.67. The molecule has 7 heteroatoms. The molecule has 0 aliphatic heterocycles. The van der Waals surface area contributed by atoms with Gasteiger partial charge in [-0.3, -0.25) is 9.59 Å². The Morgan fingerprint density at radius 2 is 1.74 bits per heavy atom. The molecule has 0 saturated heterocycles. The minimum absolute atomic E-state index is 0.0892. The van der Waals surface area contributed by atoms with Crippen molar-refractivity contribution in [1.29, 1.82) is 0 Å². The largest absolute Gasteiger partial charge is 0.465 e. The van der Waals surface area contributed by atoms with Crippen molar-refractivity contribution < 1.29 is 19.1 Å². The molecule has 1 heterocycles. The monoisotopic (exact) mass is 494 g/mol. The van der Waals surface area contributed by atoms with Gasteiger partial charge in [0.15, 0.2) is 0 Å². The number of rotatable bonds is 7. The highest BCUT2D eigenvalue weighted by atomic mass is 32.1. The summed E-state index contributed by atoms with van der Waals surface area (Å²) in [4.78, 5) is 39.5. The second-order valence-corrected chi connectivity index (χ2v) is 12.2. The smallest absolute Gasteiger partial charge is 0.337 e. The number of benzene rings is 1. The van der Waals surface area contributed by atoms with Gasteiger partial charge in [0.25, 0.3) is 0 Å². The van der Waals surface area contributed by atoms with Crippen LogP contribution in [0.1, 0.15) is 66.8 Å². The predicted octanol–water partition coefficient (Wildman–Crippen LogP) is 4.44. The van der Waals surface area contributed by atoms with E-state index in [-0.39, 0.29) is 29.2 Å². The third-order valence-electron chi connectivity index (χ3n) is 8.59. The van der Waals surface area contributed by atoms with Gasteiger partial charge in [-0.05, 0) is 92.8 Å². The molecule has 2 N–H and O–H groups in total. The molecule has 1 aromatic carbocycles. The number of amides is 2. The molecule has 1 aromatic heterocycles. The van der Waals surface area contributed by atoms with Gasteiger partial charge in [-0.15, -0.1) is 11.3 Å². The number of hydrogen-bond donors (Lipinski definition) is 2. The third-order valence-corrected chi connectivity index (χ3v) is 9.78. The molecule has 2 unspecified atom stereocenters. The standard InChI is InChI=1S/C28H34N2O4S/c1-27(2,22-5-4-10-35-22)25(32)30-23-20-11-18-12-21(23)15-28(13-18,14-20)26(33)29-16-17-6-8-19(9-7-17)24(31)34-3/h4-10,18,20-21,23H,11-16H2,1-3H3,(H,29,33)(H,30,32). The summed E-state index contributed by atoms with van der Waals surface area (Å²) in [5.41, 5.74) is 0.574. The van der Waals surface area contributed by atoms with Crippen molar-refractivity contribution in [2.24, 2.45) is 23.2 Å². The number of thiophene rings is 1. The molecular formula is C28H34N2O4S. The quantitative estimate of drug-likeness (QED) is 0.558. The van der Waals surface area contributed by atoms with E-state index >= 15 is 0 Å². The Balaban J connectivity index is 1.23. The topological polar surface area (TPSA) is 84.5 Å². The third kappa shape index (κ3) is 4.39. The van der Waals surface area contributed by atoms with Crippen LogP contribution in [0.2, 0.25) is 0 Å². The van der Waals surface area contributed by atoms with E-state index < -0.39 is 5.41 Å². The molecule has 35 heavy (non-hydrogen) atoms. The van der Waals surface area contributed by atoms with Crippen LogP contribution in [0.4, 0.5) is 0 Å². The van der Waals surface area contributed by atoms with Gasteiger partial charge in [0.2, 0.25) is 11.8 Å². The normalized spacial score (nSPS) is 29.0. The van der Waals surface area contributed by atoms with Gasteiger partial charge >= 0.3 is 5.97 Å². The van der Waals surface area contributed by atoms with E-state index in [0.717, 1.165) is 42.5 Å². The number of esters is 1. The van der Waals surface area contributed by atoms with Gasteiger partial charge in [-0.2, -0.15) is 0 Å². The van der Waals surface area contributed by atoms with Crippen LogP contribution in [-0.2, 0) is 26.3 Å². The average Bonchev–Trinajstić information content (AvgIpc) is 3.40. The first-order valence-electron chi connectivity index (χ1n) is 12.5. The summed E-state index contributed by atoms with van der Waals surface area (Å²) in [5, 5.41) is 8.61. The first-order chi connectivity index (χ1) is 16.7. The molecule has 4 aliphatic carbocycles. The zero-order chi connectivity index (χ0) is 24.8. The Labute approximate surface area is 210 Å². The van der Waals surface area contributed by atoms with Crippen molar-refractivity contribution in [3.05, 3.63) is 57.8 Å². The molecule has 186 valence electrons. The highest BCUT2D eigenvalue weighted by Crippen LogP contribution is 2.60. The van der Waals surface area contributed by atoms with Gasteiger partial charge in [0.05, 0.1) is 23.5 Å². The molecule has 0 radical (unpaired) electrons. The maximum Gasteiger partial charge on any atom is 0.337 e. The number of carbonyl (C=O) groups excluding carboxylic acids is 3. The zero-order valence-corrected chi connectivity index (χ0v) is 21.5. The van der Waals surface area contributed by atoms with Gasteiger partial charge in [-0.1, -0.05) is 18.2 Å². The minimum Gasteiger partial charge on any atom is -0.465 e. The van der Waals surface area contributed by atoms with E-state index in [4.69, 9.17) is 4.74 Å². The van der Waals surface area contributed by atoms with E-state index in [1.807, 2.05) is 43.5 Å². The summed E-state index contributed by atoms with van der Waals surface area (Å²) >= 11 is 1.62. The molecule has 6 rings (SSSR count). The van der Waals surface area contributed by atoms with E-state index in [2.05, 4.69) is 10.6 Å². The lowest BCUT2D eigenvalue weighted by atomic mass is 9.47. The van der Waals surface area contributed by atoms with Crippen molar-refractivity contribution in [2.45, 2.75) is 64.0 Å². The van der Waals surface area contributed by atoms with Crippen LogP contribution in [0.25, 0.3) is 0 Å². The Kier molecular flexibility index (Phi) is 6.24. The molecule has 4 saturated carbocycles. The van der Waals surface area contributed by atoms with Crippen molar-refractivity contribution >= 4 is 29.1 Å². The van der Waals surface area contributed by atoms with Gasteiger partial charge in [-0.25, -0.2) is 4.79 Å². The Morgan fingerprint density at radius 3 is 2.34 bits per heavy atom. The predicted molar refractivity (Wildman–Crippen MR) is 135 cm³/mol. The lowest BCUT2D eigenvalue weighted by molar-refractivity contribution is -0.151. The van der Waals surface area contributed by atoms with Crippen LogP contribution >= 0.6 is 11.3 Å². The summed E-state index contributed by atoms with van der Waals surface area (Å²) in [7, 11) is 1.36. The first kappa shape index (κ1) is 24.0. The fourth-order valence-electron chi connectivity index (χ4n) is 6.86. The van der Waals surface area contributed by atoms with Gasteiger partial charge in [0.1, 0.15) is 0 Å². The molecule has 2 aromatic rings. The number of ether oxygens (including phenoxy) is 1. The number of carbonyl (C=O) groups is 3. The van der Waals surface area contributed by atoms with Crippen molar-refractivity contribution in [3.63, 3.8) is 0 Å². The second-order valence-electron chi connectivity index (χ2n) is 11.2. The fourth-order valence-corrected chi connectivity index (χ4v) is 7.71. The van der Waals surface area contributed by atoms with Crippen molar-refractivity contribution in [3.8, 4) is 0 Å². The maximum atomic E-state index is 13.5. The molecular weight excluding hydrogens is 460 g/mol. The molecule has 2 amide bonds. The van der Waals surface area contributed by atoms with Crippen molar-refractivity contribution in [1.82, 2.24) is 10.6 Å². The number of nitrogens with one attached hydrogen (secondary N) is 2. The Bertz CT molecular complexity index is 1090. The summed E-state index contributed by atoms with van der Waals surface area (Å²) < 4.78 is 4.75. The van der Waals surface area contributed by atoms with E-state index in [1.165, 1.54) is 7.11 Å². The first-order valence-corrected chi connectivity index (χ1v) is 13.4. The number of methoxy groups -OCH3 is 1. The highest BCUT2D eigenvalue weighted by molar-refractivity contribution is 7.10. The van der Waals surface area contributed by atoms with Gasteiger partial charge in [0, 0.05) is 17.5 Å². The van der Waals surface area contributed by atoms with Crippen LogP contribution < -0.4 is 10.6 Å². The highest BCUT2D eigenvalue weighted by Gasteiger charge is 2.58. The molecule has 4 bridgehead atoms. The molecule has 2 atom stereocenters. The van der Waals surface area contributed by atoms with Crippen LogP contribution in [0.3, 0.4) is 0 Å². The SMILES string of the molecule is COC(=O)c1ccc(CNC(=O)C23CC4CC(C2)C(NC(=O)C(C)(C)c2cccs2)C(C4)C3)cc1. The van der Waals surface area contributed by atoms with Crippen LogP contribution in [0.5, 0.6) is 0 Å². The molecule has 0 spiro atoms. The van der Waals surface area contributed by atoms with Crippen LogP contribution in [0, 0.1) is 23.2 Å². The van der Waals surface area contributed by atoms with E-state index in [1.54, 1.807) is 23.5 Å². The van der Waals surface area contributed by atoms with Gasteiger partial charge < -0.3 is 15.4 Å². The lowest BCUT2D eigenvalue weighted by Gasteiger charge is -2.59. The van der Waals surface area contributed by atoms with Crippen molar-refractivity contribution in [2.75, 3.05) is 7.11 Å². The zero-order valence-electron chi connectivity index (χ0n) is 20.6. The molecule has 6 nitrogen and oxygen atoms in total. The summed E-state index contributed by atoms with van der Waals surface area (Å²) in [5.74, 6) is 1.14.